The predicted octanol–water partition coefficient (Wildman–Crippen LogP) is 1.86. The number of nitrogens with one attached hydrogen (secondary N) is 1. The zero-order chi connectivity index (χ0) is 13.3. The first-order valence-corrected chi connectivity index (χ1v) is 8.65. The molecular formula is C14H19NO3S. The van der Waals surface area contributed by atoms with E-state index in [1.807, 2.05) is 12.1 Å². The van der Waals surface area contributed by atoms with Crippen molar-refractivity contribution >= 4 is 15.5 Å². The third kappa shape index (κ3) is 2.86. The molecule has 0 amide bonds. The lowest BCUT2D eigenvalue weighted by Gasteiger charge is -2.22. The highest BCUT2D eigenvalue weighted by atomic mass is 32.2. The lowest BCUT2D eigenvalue weighted by atomic mass is 10.1. The van der Waals surface area contributed by atoms with Crippen LogP contribution in [0.15, 0.2) is 18.2 Å². The molecule has 1 aromatic rings. The Kier molecular flexibility index (Phi) is 3.39. The molecule has 0 bridgehead atoms. The Morgan fingerprint density at radius 1 is 1.37 bits per heavy atom. The van der Waals surface area contributed by atoms with E-state index >= 15 is 0 Å². The van der Waals surface area contributed by atoms with Gasteiger partial charge in [0.2, 0.25) is 0 Å². The quantitative estimate of drug-likeness (QED) is 0.919. The summed E-state index contributed by atoms with van der Waals surface area (Å²) in [5, 5.41) is 3.32. The lowest BCUT2D eigenvalue weighted by Crippen LogP contribution is -2.29. The Morgan fingerprint density at radius 3 is 3.11 bits per heavy atom. The van der Waals surface area contributed by atoms with Gasteiger partial charge >= 0.3 is 0 Å². The normalized spacial score (nSPS) is 24.5. The monoisotopic (exact) mass is 281 g/mol. The lowest BCUT2D eigenvalue weighted by molar-refractivity contribution is 0.248. The maximum atomic E-state index is 11.6. The van der Waals surface area contributed by atoms with E-state index in [9.17, 15) is 8.42 Å². The summed E-state index contributed by atoms with van der Waals surface area (Å²) in [5.74, 6) is 1.67. The minimum atomic E-state index is -2.84. The minimum Gasteiger partial charge on any atom is -0.493 e. The molecule has 1 saturated heterocycles. The van der Waals surface area contributed by atoms with Gasteiger partial charge in [0.05, 0.1) is 18.1 Å². The highest BCUT2D eigenvalue weighted by molar-refractivity contribution is 7.91. The maximum absolute atomic E-state index is 11.6. The van der Waals surface area contributed by atoms with Crippen LogP contribution < -0.4 is 10.1 Å². The average molecular weight is 281 g/mol. The predicted molar refractivity (Wildman–Crippen MR) is 75.5 cm³/mol. The molecule has 1 N–H and O–H groups in total. The first kappa shape index (κ1) is 12.8. The van der Waals surface area contributed by atoms with Crippen LogP contribution in [0.2, 0.25) is 0 Å². The summed E-state index contributed by atoms with van der Waals surface area (Å²) in [6, 6.07) is 6.01. The summed E-state index contributed by atoms with van der Waals surface area (Å²) >= 11 is 0. The van der Waals surface area contributed by atoms with E-state index in [0.717, 1.165) is 37.2 Å². The number of fused-ring (bicyclic) bond motifs is 1. The first-order chi connectivity index (χ1) is 9.14. The highest BCUT2D eigenvalue weighted by Gasteiger charge is 2.25. The van der Waals surface area contributed by atoms with Crippen LogP contribution in [0.4, 0.5) is 5.69 Å². The number of rotatable bonds is 3. The van der Waals surface area contributed by atoms with Crippen molar-refractivity contribution < 1.29 is 13.2 Å². The van der Waals surface area contributed by atoms with E-state index in [1.54, 1.807) is 0 Å². The van der Waals surface area contributed by atoms with Gasteiger partial charge in [-0.05, 0) is 31.4 Å². The second kappa shape index (κ2) is 5.04. The van der Waals surface area contributed by atoms with Crippen molar-refractivity contribution in [3.63, 3.8) is 0 Å². The second-order valence-electron chi connectivity index (χ2n) is 5.39. The van der Waals surface area contributed by atoms with Crippen molar-refractivity contribution in [2.45, 2.75) is 19.3 Å². The van der Waals surface area contributed by atoms with Gasteiger partial charge in [0.1, 0.15) is 5.75 Å². The Morgan fingerprint density at radius 2 is 2.26 bits per heavy atom. The molecule has 104 valence electrons. The summed E-state index contributed by atoms with van der Waals surface area (Å²) in [5.41, 5.74) is 2.37. The van der Waals surface area contributed by atoms with Crippen molar-refractivity contribution in [1.82, 2.24) is 0 Å². The third-order valence-electron chi connectivity index (χ3n) is 3.86. The second-order valence-corrected chi connectivity index (χ2v) is 7.62. The van der Waals surface area contributed by atoms with E-state index in [-0.39, 0.29) is 11.7 Å². The Hall–Kier alpha value is -1.23. The molecule has 1 unspecified atom stereocenters. The minimum absolute atomic E-state index is 0.143. The van der Waals surface area contributed by atoms with Crippen LogP contribution in [0.25, 0.3) is 0 Å². The number of anilines is 1. The molecule has 4 nitrogen and oxygen atoms in total. The Labute approximate surface area is 114 Å². The zero-order valence-corrected chi connectivity index (χ0v) is 11.7. The van der Waals surface area contributed by atoms with Crippen LogP contribution in [0.1, 0.15) is 18.4 Å². The molecule has 1 aromatic carbocycles. The van der Waals surface area contributed by atoms with Gasteiger partial charge in [-0.1, -0.05) is 6.07 Å². The molecule has 1 fully saturated rings. The number of hydrogen-bond donors (Lipinski definition) is 1. The summed E-state index contributed by atoms with van der Waals surface area (Å²) < 4.78 is 29.1. The molecule has 0 spiro atoms. The maximum Gasteiger partial charge on any atom is 0.150 e. The standard InChI is InChI=1S/C14H19NO3S/c16-19(17)8-2-3-11(10-19)9-18-14-5-1-4-13-12(14)6-7-15-13/h1,4-5,11,15H,2-3,6-10H2. The SMILES string of the molecule is O=S1(=O)CCCC(COc2cccc3c2CCN3)C1. The van der Waals surface area contributed by atoms with Crippen LogP contribution in [-0.4, -0.2) is 33.1 Å². The highest BCUT2D eigenvalue weighted by Crippen LogP contribution is 2.31. The van der Waals surface area contributed by atoms with Gasteiger partial charge in [-0.3, -0.25) is 0 Å². The molecule has 3 rings (SSSR count). The fraction of sp³-hybridized carbons (Fsp3) is 0.571. The van der Waals surface area contributed by atoms with Crippen LogP contribution in [0, 0.1) is 5.92 Å². The van der Waals surface area contributed by atoms with Gasteiger partial charge in [0, 0.05) is 23.7 Å². The molecule has 0 saturated carbocycles. The zero-order valence-electron chi connectivity index (χ0n) is 10.9. The number of sulfone groups is 1. The van der Waals surface area contributed by atoms with Crippen LogP contribution >= 0.6 is 0 Å². The van der Waals surface area contributed by atoms with Gasteiger partial charge in [0.25, 0.3) is 0 Å². The third-order valence-corrected chi connectivity index (χ3v) is 5.75. The number of benzene rings is 1. The molecule has 19 heavy (non-hydrogen) atoms. The molecule has 2 aliphatic rings. The van der Waals surface area contributed by atoms with E-state index < -0.39 is 9.84 Å². The van der Waals surface area contributed by atoms with Crippen LogP contribution in [-0.2, 0) is 16.3 Å². The Balaban J connectivity index is 1.65. The fourth-order valence-corrected chi connectivity index (χ4v) is 4.66. The van der Waals surface area contributed by atoms with Gasteiger partial charge in [-0.15, -0.1) is 0 Å². The van der Waals surface area contributed by atoms with Gasteiger partial charge in [-0.25, -0.2) is 8.42 Å². The van der Waals surface area contributed by atoms with Crippen molar-refractivity contribution in [3.8, 4) is 5.75 Å². The first-order valence-electron chi connectivity index (χ1n) is 6.83. The van der Waals surface area contributed by atoms with E-state index in [2.05, 4.69) is 11.4 Å². The van der Waals surface area contributed by atoms with E-state index in [0.29, 0.717) is 12.4 Å². The summed E-state index contributed by atoms with van der Waals surface area (Å²) in [7, 11) is -2.84. The van der Waals surface area contributed by atoms with E-state index in [1.165, 1.54) is 5.56 Å². The molecule has 0 aromatic heterocycles. The molecule has 0 aliphatic carbocycles. The molecular weight excluding hydrogens is 262 g/mol. The number of hydrogen-bond acceptors (Lipinski definition) is 4. The molecule has 5 heteroatoms. The summed E-state index contributed by atoms with van der Waals surface area (Å²) in [6.45, 7) is 1.46. The molecule has 2 heterocycles. The topological polar surface area (TPSA) is 55.4 Å². The van der Waals surface area contributed by atoms with Crippen LogP contribution in [0.3, 0.4) is 0 Å². The van der Waals surface area contributed by atoms with Crippen molar-refractivity contribution in [3.05, 3.63) is 23.8 Å². The van der Waals surface area contributed by atoms with Gasteiger partial charge in [-0.2, -0.15) is 0 Å². The van der Waals surface area contributed by atoms with Crippen molar-refractivity contribution in [2.24, 2.45) is 5.92 Å². The smallest absolute Gasteiger partial charge is 0.150 e. The van der Waals surface area contributed by atoms with E-state index in [4.69, 9.17) is 4.74 Å². The van der Waals surface area contributed by atoms with Crippen LogP contribution in [0.5, 0.6) is 5.75 Å². The Bertz CT molecular complexity index is 568. The summed E-state index contributed by atoms with van der Waals surface area (Å²) in [6.07, 6.45) is 2.70. The molecule has 1 atom stereocenters. The molecule has 0 radical (unpaired) electrons. The number of ether oxygens (including phenoxy) is 1. The fourth-order valence-electron chi connectivity index (χ4n) is 2.90. The average Bonchev–Trinajstić information content (AvgIpc) is 2.84. The largest absolute Gasteiger partial charge is 0.493 e. The summed E-state index contributed by atoms with van der Waals surface area (Å²) in [4.78, 5) is 0. The van der Waals surface area contributed by atoms with Gasteiger partial charge in [0.15, 0.2) is 9.84 Å². The van der Waals surface area contributed by atoms with Gasteiger partial charge < -0.3 is 10.1 Å². The van der Waals surface area contributed by atoms with Crippen molar-refractivity contribution in [2.75, 3.05) is 30.0 Å². The molecule has 2 aliphatic heterocycles. The van der Waals surface area contributed by atoms with Crippen molar-refractivity contribution in [1.29, 1.82) is 0 Å².